The van der Waals surface area contributed by atoms with Crippen molar-refractivity contribution in [3.8, 4) is 0 Å². The molecule has 1 atom stereocenters. The number of hydrogen-bond acceptors (Lipinski definition) is 4. The van der Waals surface area contributed by atoms with Crippen LogP contribution >= 0.6 is 0 Å². The largest absolute Gasteiger partial charge is 0.298 e. The average molecular weight is 208 g/mol. The first-order chi connectivity index (χ1) is 7.06. The first-order valence-electron chi connectivity index (χ1n) is 4.73. The number of ketones is 1. The van der Waals surface area contributed by atoms with Gasteiger partial charge in [0.05, 0.1) is 11.7 Å². The van der Waals surface area contributed by atoms with Gasteiger partial charge in [-0.05, 0) is 38.7 Å². The molecule has 1 aromatic rings. The quantitative estimate of drug-likeness (QED) is 0.739. The van der Waals surface area contributed by atoms with Crippen LogP contribution < -0.4 is 5.48 Å². The molecule has 0 aliphatic carbocycles. The second kappa shape index (κ2) is 4.91. The minimum atomic E-state index is -0.224. The summed E-state index contributed by atoms with van der Waals surface area (Å²) in [5.41, 5.74) is 3.59. The molecule has 82 valence electrons. The Kier molecular flexibility index (Phi) is 3.82. The molecule has 0 heterocycles. The number of hydrogen-bond donors (Lipinski definition) is 2. The number of rotatable bonds is 4. The van der Waals surface area contributed by atoms with Crippen molar-refractivity contribution in [3.05, 3.63) is 29.8 Å². The molecular weight excluding hydrogens is 192 g/mol. The summed E-state index contributed by atoms with van der Waals surface area (Å²) < 4.78 is 0. The minimum absolute atomic E-state index is 0.102. The number of Topliss-reactive ketones (excluding diaryl/α,β-unsaturated/α-hetero) is 1. The molecule has 0 bridgehead atoms. The Labute approximate surface area is 89.5 Å². The number of anilines is 1. The molecule has 0 aliphatic rings. The zero-order chi connectivity index (χ0) is 11.4. The van der Waals surface area contributed by atoms with E-state index in [0.29, 0.717) is 5.69 Å². The van der Waals surface area contributed by atoms with Gasteiger partial charge in [0.15, 0.2) is 5.78 Å². The minimum Gasteiger partial charge on any atom is -0.298 e. The average Bonchev–Trinajstić information content (AvgIpc) is 2.18. The maximum atomic E-state index is 11.4. The molecular formula is C11H16N2O2. The summed E-state index contributed by atoms with van der Waals surface area (Å²) in [4.78, 5) is 13.3. The third-order valence-electron chi connectivity index (χ3n) is 2.26. The molecule has 0 spiro atoms. The van der Waals surface area contributed by atoms with Crippen LogP contribution in [0.2, 0.25) is 0 Å². The zero-order valence-electron chi connectivity index (χ0n) is 9.19. The molecule has 0 saturated carbocycles. The Balaban J connectivity index is 2.97. The van der Waals surface area contributed by atoms with Gasteiger partial charge < -0.3 is 0 Å². The van der Waals surface area contributed by atoms with Crippen LogP contribution in [0.25, 0.3) is 0 Å². The van der Waals surface area contributed by atoms with Gasteiger partial charge in [-0.15, -0.1) is 0 Å². The Hall–Kier alpha value is -1.39. The van der Waals surface area contributed by atoms with E-state index in [1.807, 2.05) is 31.1 Å². The summed E-state index contributed by atoms with van der Waals surface area (Å²) in [6.45, 7) is 1.57. The second-order valence-electron chi connectivity index (χ2n) is 3.71. The maximum Gasteiger partial charge on any atom is 0.151 e. The summed E-state index contributed by atoms with van der Waals surface area (Å²) in [5.74, 6) is 0.102. The topological polar surface area (TPSA) is 52.6 Å². The molecule has 15 heavy (non-hydrogen) atoms. The lowest BCUT2D eigenvalue weighted by atomic mass is 10.0. The number of nitrogens with one attached hydrogen (secondary N) is 1. The monoisotopic (exact) mass is 208 g/mol. The molecule has 1 unspecified atom stereocenters. The van der Waals surface area contributed by atoms with Crippen LogP contribution in [-0.4, -0.2) is 30.0 Å². The van der Waals surface area contributed by atoms with Crippen molar-refractivity contribution < 1.29 is 10.0 Å². The van der Waals surface area contributed by atoms with Crippen molar-refractivity contribution in [3.63, 3.8) is 0 Å². The predicted octanol–water partition coefficient (Wildman–Crippen LogP) is 1.68. The van der Waals surface area contributed by atoms with E-state index in [0.717, 1.165) is 5.56 Å². The van der Waals surface area contributed by atoms with Gasteiger partial charge in [-0.2, -0.15) is 0 Å². The lowest BCUT2D eigenvalue weighted by molar-refractivity contribution is -0.121. The van der Waals surface area contributed by atoms with Gasteiger partial charge in [0.2, 0.25) is 0 Å². The molecule has 0 amide bonds. The molecule has 1 rings (SSSR count). The van der Waals surface area contributed by atoms with Crippen molar-refractivity contribution in [1.29, 1.82) is 0 Å². The molecule has 2 N–H and O–H groups in total. The molecule has 4 nitrogen and oxygen atoms in total. The third kappa shape index (κ3) is 2.78. The molecule has 0 aliphatic heterocycles. The molecule has 0 saturated heterocycles. The fraction of sp³-hybridized carbons (Fsp3) is 0.364. The predicted molar refractivity (Wildman–Crippen MR) is 59.0 cm³/mol. The standard InChI is InChI=1S/C11H16N2O2/c1-8(14)11(13(2)3)9-4-6-10(12-15)7-5-9/h4-7,11-12,15H,1-3H3. The lowest BCUT2D eigenvalue weighted by Crippen LogP contribution is -2.25. The van der Waals surface area contributed by atoms with Gasteiger partial charge in [-0.25, -0.2) is 0 Å². The second-order valence-corrected chi connectivity index (χ2v) is 3.71. The fourth-order valence-corrected chi connectivity index (χ4v) is 1.64. The summed E-state index contributed by atoms with van der Waals surface area (Å²) in [6, 6.07) is 6.89. The highest BCUT2D eigenvalue weighted by Crippen LogP contribution is 2.20. The lowest BCUT2D eigenvalue weighted by Gasteiger charge is -2.22. The van der Waals surface area contributed by atoms with E-state index in [4.69, 9.17) is 5.21 Å². The van der Waals surface area contributed by atoms with E-state index in [2.05, 4.69) is 5.48 Å². The molecule has 1 aromatic carbocycles. The fourth-order valence-electron chi connectivity index (χ4n) is 1.64. The van der Waals surface area contributed by atoms with E-state index >= 15 is 0 Å². The van der Waals surface area contributed by atoms with Crippen molar-refractivity contribution in [1.82, 2.24) is 4.90 Å². The van der Waals surface area contributed by atoms with Crippen LogP contribution in [0.5, 0.6) is 0 Å². The molecule has 0 aromatic heterocycles. The van der Waals surface area contributed by atoms with Crippen LogP contribution in [0.15, 0.2) is 24.3 Å². The highest BCUT2D eigenvalue weighted by Gasteiger charge is 2.18. The van der Waals surface area contributed by atoms with Gasteiger partial charge in [-0.1, -0.05) is 12.1 Å². The first-order valence-corrected chi connectivity index (χ1v) is 4.73. The SMILES string of the molecule is CC(=O)C(c1ccc(NO)cc1)N(C)C. The summed E-state index contributed by atoms with van der Waals surface area (Å²) in [5, 5.41) is 8.66. The van der Waals surface area contributed by atoms with E-state index in [-0.39, 0.29) is 11.8 Å². The first kappa shape index (κ1) is 11.7. The van der Waals surface area contributed by atoms with Crippen molar-refractivity contribution in [2.24, 2.45) is 0 Å². The molecule has 0 fully saturated rings. The van der Waals surface area contributed by atoms with Crippen molar-refractivity contribution in [2.75, 3.05) is 19.6 Å². The Morgan fingerprint density at radius 2 is 1.87 bits per heavy atom. The van der Waals surface area contributed by atoms with Crippen LogP contribution in [-0.2, 0) is 4.79 Å². The van der Waals surface area contributed by atoms with Gasteiger partial charge in [0.1, 0.15) is 0 Å². The van der Waals surface area contributed by atoms with Crippen molar-refractivity contribution in [2.45, 2.75) is 13.0 Å². The van der Waals surface area contributed by atoms with E-state index in [1.54, 1.807) is 19.1 Å². The van der Waals surface area contributed by atoms with E-state index < -0.39 is 0 Å². The number of carbonyl (C=O) groups excluding carboxylic acids is 1. The Morgan fingerprint density at radius 1 is 1.33 bits per heavy atom. The van der Waals surface area contributed by atoms with Gasteiger partial charge >= 0.3 is 0 Å². The number of benzene rings is 1. The summed E-state index contributed by atoms with van der Waals surface area (Å²) in [6.07, 6.45) is 0. The van der Waals surface area contributed by atoms with Crippen LogP contribution in [0.4, 0.5) is 5.69 Å². The van der Waals surface area contributed by atoms with Gasteiger partial charge in [0, 0.05) is 0 Å². The van der Waals surface area contributed by atoms with Crippen LogP contribution in [0.1, 0.15) is 18.5 Å². The summed E-state index contributed by atoms with van der Waals surface area (Å²) in [7, 11) is 3.73. The number of nitrogens with zero attached hydrogens (tertiary/aromatic N) is 1. The van der Waals surface area contributed by atoms with Gasteiger partial charge in [0.25, 0.3) is 0 Å². The highest BCUT2D eigenvalue weighted by molar-refractivity contribution is 5.83. The Morgan fingerprint density at radius 3 is 2.20 bits per heavy atom. The smallest absolute Gasteiger partial charge is 0.151 e. The summed E-state index contributed by atoms with van der Waals surface area (Å²) >= 11 is 0. The van der Waals surface area contributed by atoms with Crippen LogP contribution in [0, 0.1) is 0 Å². The van der Waals surface area contributed by atoms with Gasteiger partial charge in [-0.3, -0.25) is 20.4 Å². The maximum absolute atomic E-state index is 11.4. The number of likely N-dealkylation sites (N-methyl/N-ethyl adjacent to an activating group) is 1. The third-order valence-corrected chi connectivity index (χ3v) is 2.26. The Bertz CT molecular complexity index is 333. The zero-order valence-corrected chi connectivity index (χ0v) is 9.19. The molecule has 0 radical (unpaired) electrons. The van der Waals surface area contributed by atoms with E-state index in [1.165, 1.54) is 0 Å². The highest BCUT2D eigenvalue weighted by atomic mass is 16.5. The van der Waals surface area contributed by atoms with Crippen molar-refractivity contribution >= 4 is 11.5 Å². The molecule has 4 heteroatoms. The normalized spacial score (nSPS) is 12.6. The van der Waals surface area contributed by atoms with Crippen LogP contribution in [0.3, 0.4) is 0 Å². The van der Waals surface area contributed by atoms with E-state index in [9.17, 15) is 4.79 Å². The number of carbonyl (C=O) groups is 1.